The van der Waals surface area contributed by atoms with Gasteiger partial charge in [-0.2, -0.15) is 0 Å². The van der Waals surface area contributed by atoms with E-state index in [1.807, 2.05) is 13.0 Å². The number of nitro groups is 1. The van der Waals surface area contributed by atoms with E-state index < -0.39 is 21.5 Å². The monoisotopic (exact) mass is 529 g/mol. The van der Waals surface area contributed by atoms with Crippen molar-refractivity contribution in [3.8, 4) is 11.5 Å². The summed E-state index contributed by atoms with van der Waals surface area (Å²) in [7, 11) is 0. The summed E-state index contributed by atoms with van der Waals surface area (Å²) in [6, 6.07) is 9.65. The van der Waals surface area contributed by atoms with Crippen LogP contribution >= 0.6 is 0 Å². The van der Waals surface area contributed by atoms with Crippen LogP contribution < -0.4 is 10.1 Å². The van der Waals surface area contributed by atoms with Gasteiger partial charge in [0.25, 0.3) is 5.69 Å². The third-order valence-electron chi connectivity index (χ3n) is 10.1. The quantitative estimate of drug-likeness (QED) is 0.333. The lowest BCUT2D eigenvalue weighted by molar-refractivity contribution is -0.384. The standard InChI is InChI=1S/C30H31N3O6/c1-28-24(35)12-13-30(31-25(36)11-6-18-4-8-21(9-5-18)33(37)38)23-16-20-7-10-22(34)27(39-28)26(20)29(28,30)14-15-32(23)17-19-2-3-19/h4-11,19,23,34H,2-3,12-17H2,1H3,(H,31,36)/b11-6-/t23-,28+,29?,30-/m1/s1. The molecule has 3 aliphatic carbocycles. The summed E-state index contributed by atoms with van der Waals surface area (Å²) < 4.78 is 6.46. The molecule has 2 heterocycles. The van der Waals surface area contributed by atoms with E-state index in [9.17, 15) is 24.8 Å². The van der Waals surface area contributed by atoms with Gasteiger partial charge in [0.2, 0.25) is 5.91 Å². The van der Waals surface area contributed by atoms with E-state index in [1.165, 1.54) is 31.1 Å². The molecule has 2 bridgehead atoms. The maximum atomic E-state index is 13.7. The molecule has 2 saturated carbocycles. The van der Waals surface area contributed by atoms with Gasteiger partial charge in [0.05, 0.1) is 15.9 Å². The Bertz CT molecular complexity index is 1450. The van der Waals surface area contributed by atoms with Crippen LogP contribution in [0.2, 0.25) is 0 Å². The number of carbonyl (C=O) groups excluding carboxylic acids is 2. The summed E-state index contributed by atoms with van der Waals surface area (Å²) in [5.74, 6) is 0.816. The van der Waals surface area contributed by atoms with Gasteiger partial charge >= 0.3 is 0 Å². The number of ketones is 1. The second-order valence-electron chi connectivity index (χ2n) is 12.0. The van der Waals surface area contributed by atoms with Crippen LogP contribution in [0.25, 0.3) is 6.08 Å². The number of likely N-dealkylation sites (tertiary alicyclic amines) is 1. The lowest BCUT2D eigenvalue weighted by Gasteiger charge is -2.67. The molecular weight excluding hydrogens is 498 g/mol. The number of hydrogen-bond acceptors (Lipinski definition) is 7. The zero-order valence-corrected chi connectivity index (χ0v) is 21.8. The van der Waals surface area contributed by atoms with Crippen molar-refractivity contribution in [2.24, 2.45) is 5.92 Å². The first-order valence-electron chi connectivity index (χ1n) is 13.7. The summed E-state index contributed by atoms with van der Waals surface area (Å²) in [5, 5.41) is 25.2. The number of amides is 1. The Kier molecular flexibility index (Phi) is 5.08. The van der Waals surface area contributed by atoms with E-state index in [-0.39, 0.29) is 35.6 Å². The molecule has 0 radical (unpaired) electrons. The molecule has 39 heavy (non-hydrogen) atoms. The van der Waals surface area contributed by atoms with Crippen molar-refractivity contribution in [1.29, 1.82) is 0 Å². The van der Waals surface area contributed by atoms with Crippen LogP contribution in [0.4, 0.5) is 5.69 Å². The zero-order chi connectivity index (χ0) is 27.2. The first-order chi connectivity index (χ1) is 18.7. The fourth-order valence-electron chi connectivity index (χ4n) is 8.16. The van der Waals surface area contributed by atoms with Crippen molar-refractivity contribution in [1.82, 2.24) is 10.2 Å². The molecular formula is C30H31N3O6. The third-order valence-corrected chi connectivity index (χ3v) is 10.1. The average Bonchev–Trinajstić information content (AvgIpc) is 3.68. The second-order valence-corrected chi connectivity index (χ2v) is 12.0. The molecule has 2 aromatic rings. The molecule has 2 aromatic carbocycles. The van der Waals surface area contributed by atoms with E-state index in [0.29, 0.717) is 36.5 Å². The number of hydrogen-bond donors (Lipinski definition) is 2. The number of nitrogens with zero attached hydrogens (tertiary/aromatic N) is 2. The minimum Gasteiger partial charge on any atom is -0.504 e. The zero-order valence-electron chi connectivity index (χ0n) is 21.8. The molecule has 0 aromatic heterocycles. The van der Waals surface area contributed by atoms with Crippen molar-refractivity contribution in [3.05, 3.63) is 69.3 Å². The number of phenolic OH excluding ortho intramolecular Hbond substituents is 1. The highest BCUT2D eigenvalue weighted by atomic mass is 16.6. The summed E-state index contributed by atoms with van der Waals surface area (Å²) in [4.78, 5) is 40.4. The maximum Gasteiger partial charge on any atom is 0.269 e. The molecule has 1 saturated heterocycles. The van der Waals surface area contributed by atoms with Gasteiger partial charge in [0.1, 0.15) is 0 Å². The fourth-order valence-corrected chi connectivity index (χ4v) is 8.16. The predicted octanol–water partition coefficient (Wildman–Crippen LogP) is 3.66. The smallest absolute Gasteiger partial charge is 0.269 e. The van der Waals surface area contributed by atoms with Crippen molar-refractivity contribution in [2.75, 3.05) is 13.1 Å². The predicted molar refractivity (Wildman–Crippen MR) is 142 cm³/mol. The number of carbonyl (C=O) groups is 2. The van der Waals surface area contributed by atoms with Crippen molar-refractivity contribution >= 4 is 23.5 Å². The molecule has 1 spiro atoms. The summed E-state index contributed by atoms with van der Waals surface area (Å²) >= 11 is 0. The highest BCUT2D eigenvalue weighted by Crippen LogP contribution is 2.68. The normalized spacial score (nSPS) is 32.5. The molecule has 9 nitrogen and oxygen atoms in total. The molecule has 7 rings (SSSR count). The Morgan fingerprint density at radius 2 is 2.00 bits per heavy atom. The van der Waals surface area contributed by atoms with Crippen LogP contribution in [0, 0.1) is 16.0 Å². The van der Waals surface area contributed by atoms with E-state index in [0.717, 1.165) is 24.2 Å². The van der Waals surface area contributed by atoms with E-state index in [2.05, 4.69) is 10.2 Å². The van der Waals surface area contributed by atoms with Gasteiger partial charge in [-0.05, 0) is 86.9 Å². The van der Waals surface area contributed by atoms with Crippen molar-refractivity contribution < 1.29 is 24.4 Å². The lowest BCUT2D eigenvalue weighted by atomic mass is 9.43. The van der Waals surface area contributed by atoms with Crippen LogP contribution in [-0.2, 0) is 21.4 Å². The van der Waals surface area contributed by atoms with Gasteiger partial charge < -0.3 is 15.2 Å². The first kappa shape index (κ1) is 24.3. The summed E-state index contributed by atoms with van der Waals surface area (Å²) in [6.07, 6.45) is 7.70. The van der Waals surface area contributed by atoms with Crippen LogP contribution in [-0.4, -0.2) is 56.9 Å². The third kappa shape index (κ3) is 3.22. The van der Waals surface area contributed by atoms with Crippen molar-refractivity contribution in [3.63, 3.8) is 0 Å². The molecule has 4 atom stereocenters. The SMILES string of the molecule is C[C@@]12Oc3c(O)ccc4c3C13CCN(CC1CC1)[C@H](C4)[C@]3(NC(=O)/C=C\c1ccc([N+](=O)[O-])cc1)CCC2=O. The van der Waals surface area contributed by atoms with Crippen LogP contribution in [0.5, 0.6) is 11.5 Å². The number of piperidine rings is 1. The van der Waals surface area contributed by atoms with Gasteiger partial charge in [0.15, 0.2) is 22.9 Å². The van der Waals surface area contributed by atoms with E-state index in [4.69, 9.17) is 4.74 Å². The molecule has 3 fully saturated rings. The van der Waals surface area contributed by atoms with Gasteiger partial charge in [-0.25, -0.2) is 0 Å². The topological polar surface area (TPSA) is 122 Å². The molecule has 1 unspecified atom stereocenters. The fraction of sp³-hybridized carbons (Fsp3) is 0.467. The molecule has 202 valence electrons. The highest BCUT2D eigenvalue weighted by Gasteiger charge is 2.78. The number of nitrogens with one attached hydrogen (secondary N) is 1. The maximum absolute atomic E-state index is 13.7. The largest absolute Gasteiger partial charge is 0.504 e. The highest BCUT2D eigenvalue weighted by molar-refractivity contribution is 5.97. The minimum absolute atomic E-state index is 0.00615. The molecule has 5 aliphatic rings. The van der Waals surface area contributed by atoms with Gasteiger partial charge in [-0.3, -0.25) is 24.6 Å². The average molecular weight is 530 g/mol. The Morgan fingerprint density at radius 3 is 2.72 bits per heavy atom. The van der Waals surface area contributed by atoms with Crippen LogP contribution in [0.3, 0.4) is 0 Å². The first-order valence-corrected chi connectivity index (χ1v) is 13.7. The number of phenols is 1. The number of benzene rings is 2. The Labute approximate surface area is 226 Å². The molecule has 2 N–H and O–H groups in total. The second kappa shape index (κ2) is 8.14. The minimum atomic E-state index is -1.19. The van der Waals surface area contributed by atoms with Crippen LogP contribution in [0.15, 0.2) is 42.5 Å². The van der Waals surface area contributed by atoms with Crippen molar-refractivity contribution in [2.45, 2.75) is 68.0 Å². The lowest BCUT2D eigenvalue weighted by Crippen LogP contribution is -2.84. The van der Waals surface area contributed by atoms with E-state index in [1.54, 1.807) is 24.3 Å². The molecule has 1 amide bonds. The number of rotatable bonds is 6. The number of ether oxygens (including phenoxy) is 1. The Balaban J connectivity index is 1.32. The van der Waals surface area contributed by atoms with Crippen LogP contribution in [0.1, 0.15) is 55.7 Å². The number of Topliss-reactive ketones (excluding diaryl/α,β-unsaturated/α-hetero) is 1. The number of non-ortho nitro benzene ring substituents is 1. The number of nitro benzene ring substituents is 1. The van der Waals surface area contributed by atoms with Gasteiger partial charge in [0, 0.05) is 42.8 Å². The summed E-state index contributed by atoms with van der Waals surface area (Å²) in [6.45, 7) is 3.63. The van der Waals surface area contributed by atoms with E-state index >= 15 is 0 Å². The molecule has 9 heteroatoms. The van der Waals surface area contributed by atoms with Gasteiger partial charge in [-0.15, -0.1) is 0 Å². The number of aromatic hydroxyl groups is 1. The van der Waals surface area contributed by atoms with Gasteiger partial charge in [-0.1, -0.05) is 6.07 Å². The Hall–Kier alpha value is -3.72. The molecule has 2 aliphatic heterocycles. The Morgan fingerprint density at radius 1 is 1.23 bits per heavy atom. The summed E-state index contributed by atoms with van der Waals surface area (Å²) in [5.41, 5.74) is -0.106.